The largest absolute Gasteiger partial charge is 0.394 e. The summed E-state index contributed by atoms with van der Waals surface area (Å²) < 4.78 is 0. The molecular formula is C16H14N2O2S2. The normalized spacial score (nSPS) is 12.0. The first kappa shape index (κ1) is 14.9. The minimum absolute atomic E-state index is 0.146. The minimum atomic E-state index is -0.416. The number of thiazole rings is 1. The summed E-state index contributed by atoms with van der Waals surface area (Å²) in [5.41, 5.74) is 0.876. The summed E-state index contributed by atoms with van der Waals surface area (Å²) in [6, 6.07) is 12.9. The number of aliphatic hydroxyl groups is 1. The zero-order valence-electron chi connectivity index (χ0n) is 11.6. The maximum Gasteiger partial charge on any atom is 0.263 e. The van der Waals surface area contributed by atoms with E-state index in [4.69, 9.17) is 0 Å². The van der Waals surface area contributed by atoms with Crippen LogP contribution in [0.2, 0.25) is 0 Å². The molecule has 0 bridgehead atoms. The number of hydrogen-bond acceptors (Lipinski definition) is 5. The number of benzene rings is 1. The Morgan fingerprint density at radius 1 is 1.23 bits per heavy atom. The Kier molecular flexibility index (Phi) is 4.62. The third kappa shape index (κ3) is 3.24. The Bertz CT molecular complexity index is 739. The van der Waals surface area contributed by atoms with Crippen LogP contribution in [-0.2, 0) is 0 Å². The highest BCUT2D eigenvalue weighted by Gasteiger charge is 2.17. The molecule has 2 N–H and O–H groups in total. The Morgan fingerprint density at radius 3 is 2.73 bits per heavy atom. The molecule has 1 atom stereocenters. The van der Waals surface area contributed by atoms with E-state index in [0.29, 0.717) is 4.88 Å². The molecule has 3 rings (SSSR count). The lowest BCUT2D eigenvalue weighted by Crippen LogP contribution is -2.30. The van der Waals surface area contributed by atoms with Crippen molar-refractivity contribution in [3.8, 4) is 9.88 Å². The van der Waals surface area contributed by atoms with Gasteiger partial charge in [0.05, 0.1) is 23.7 Å². The SMILES string of the molecule is O=C(NC(CO)c1ccccc1)c1cnc(-c2cccs2)s1. The van der Waals surface area contributed by atoms with Gasteiger partial charge in [0.2, 0.25) is 0 Å². The summed E-state index contributed by atoms with van der Waals surface area (Å²) in [5, 5.41) is 15.2. The zero-order valence-corrected chi connectivity index (χ0v) is 13.2. The molecule has 0 spiro atoms. The number of aliphatic hydroxyl groups excluding tert-OH is 1. The van der Waals surface area contributed by atoms with E-state index in [0.717, 1.165) is 15.4 Å². The van der Waals surface area contributed by atoms with Gasteiger partial charge < -0.3 is 10.4 Å². The van der Waals surface area contributed by atoms with Gasteiger partial charge in [0.15, 0.2) is 0 Å². The van der Waals surface area contributed by atoms with Gasteiger partial charge in [-0.05, 0) is 17.0 Å². The molecule has 2 heterocycles. The Hall–Kier alpha value is -2.02. The molecule has 6 heteroatoms. The molecule has 112 valence electrons. The number of hydrogen-bond donors (Lipinski definition) is 2. The third-order valence-corrected chi connectivity index (χ3v) is 5.19. The van der Waals surface area contributed by atoms with Crippen molar-refractivity contribution in [1.29, 1.82) is 0 Å². The molecule has 3 aromatic rings. The predicted molar refractivity (Wildman–Crippen MR) is 89.2 cm³/mol. The van der Waals surface area contributed by atoms with E-state index < -0.39 is 6.04 Å². The number of amides is 1. The monoisotopic (exact) mass is 330 g/mol. The molecule has 0 aliphatic carbocycles. The fourth-order valence-electron chi connectivity index (χ4n) is 2.04. The summed E-state index contributed by atoms with van der Waals surface area (Å²) in [7, 11) is 0. The molecule has 0 aliphatic heterocycles. The van der Waals surface area contributed by atoms with Crippen LogP contribution in [0, 0.1) is 0 Å². The van der Waals surface area contributed by atoms with E-state index in [-0.39, 0.29) is 12.5 Å². The quantitative estimate of drug-likeness (QED) is 0.754. The Morgan fingerprint density at radius 2 is 2.05 bits per heavy atom. The standard InChI is InChI=1S/C16H14N2O2S2/c19-10-12(11-5-2-1-3-6-11)18-15(20)14-9-17-16(22-14)13-7-4-8-21-13/h1-9,12,19H,10H2,(H,18,20). The van der Waals surface area contributed by atoms with Crippen molar-refractivity contribution in [2.45, 2.75) is 6.04 Å². The highest BCUT2D eigenvalue weighted by Crippen LogP contribution is 2.29. The topological polar surface area (TPSA) is 62.2 Å². The van der Waals surface area contributed by atoms with Gasteiger partial charge in [-0.2, -0.15) is 0 Å². The van der Waals surface area contributed by atoms with Gasteiger partial charge in [-0.15, -0.1) is 22.7 Å². The molecule has 0 radical (unpaired) electrons. The van der Waals surface area contributed by atoms with Crippen molar-refractivity contribution in [2.75, 3.05) is 6.61 Å². The summed E-state index contributed by atoms with van der Waals surface area (Å²) in [4.78, 5) is 18.2. The highest BCUT2D eigenvalue weighted by molar-refractivity contribution is 7.21. The molecule has 2 aromatic heterocycles. The average molecular weight is 330 g/mol. The summed E-state index contributed by atoms with van der Waals surface area (Å²) in [6.07, 6.45) is 1.58. The van der Waals surface area contributed by atoms with Crippen molar-refractivity contribution in [2.24, 2.45) is 0 Å². The van der Waals surface area contributed by atoms with Crippen LogP contribution in [0.5, 0.6) is 0 Å². The number of carbonyl (C=O) groups excluding carboxylic acids is 1. The van der Waals surface area contributed by atoms with E-state index >= 15 is 0 Å². The van der Waals surface area contributed by atoms with Gasteiger partial charge in [0.25, 0.3) is 5.91 Å². The molecule has 0 saturated carbocycles. The zero-order chi connectivity index (χ0) is 15.4. The van der Waals surface area contributed by atoms with E-state index in [1.54, 1.807) is 17.5 Å². The second-order valence-electron chi connectivity index (χ2n) is 4.63. The first-order valence-electron chi connectivity index (χ1n) is 6.74. The van der Waals surface area contributed by atoms with Gasteiger partial charge in [-0.1, -0.05) is 36.4 Å². The molecule has 22 heavy (non-hydrogen) atoms. The first-order valence-corrected chi connectivity index (χ1v) is 8.44. The van der Waals surface area contributed by atoms with Crippen molar-refractivity contribution in [3.63, 3.8) is 0 Å². The molecule has 0 fully saturated rings. The van der Waals surface area contributed by atoms with Crippen LogP contribution in [-0.4, -0.2) is 22.6 Å². The fourth-order valence-corrected chi connectivity index (χ4v) is 3.67. The second-order valence-corrected chi connectivity index (χ2v) is 6.60. The molecule has 1 unspecified atom stereocenters. The first-order chi connectivity index (χ1) is 10.8. The molecular weight excluding hydrogens is 316 g/mol. The predicted octanol–water partition coefficient (Wildman–Crippen LogP) is 3.34. The minimum Gasteiger partial charge on any atom is -0.394 e. The van der Waals surface area contributed by atoms with Crippen molar-refractivity contribution in [3.05, 3.63) is 64.5 Å². The van der Waals surface area contributed by atoms with Crippen LogP contribution < -0.4 is 5.32 Å². The van der Waals surface area contributed by atoms with Gasteiger partial charge >= 0.3 is 0 Å². The second kappa shape index (κ2) is 6.83. The molecule has 4 nitrogen and oxygen atoms in total. The summed E-state index contributed by atoms with van der Waals surface area (Å²) >= 11 is 2.94. The van der Waals surface area contributed by atoms with Gasteiger partial charge in [0, 0.05) is 0 Å². The third-order valence-electron chi connectivity index (χ3n) is 3.15. The van der Waals surface area contributed by atoms with Crippen molar-refractivity contribution in [1.82, 2.24) is 10.3 Å². The van der Waals surface area contributed by atoms with Crippen molar-refractivity contribution >= 4 is 28.6 Å². The molecule has 0 saturated heterocycles. The van der Waals surface area contributed by atoms with Crippen LogP contribution in [0.4, 0.5) is 0 Å². The number of thiophene rings is 1. The Balaban J connectivity index is 1.74. The van der Waals surface area contributed by atoms with Gasteiger partial charge in [-0.25, -0.2) is 4.98 Å². The summed E-state index contributed by atoms with van der Waals surface area (Å²) in [6.45, 7) is -0.146. The van der Waals surface area contributed by atoms with Crippen LogP contribution in [0.1, 0.15) is 21.3 Å². The van der Waals surface area contributed by atoms with Crippen molar-refractivity contribution < 1.29 is 9.90 Å². The molecule has 0 aliphatic rings. The van der Waals surface area contributed by atoms with Gasteiger partial charge in [0.1, 0.15) is 9.88 Å². The van der Waals surface area contributed by atoms with E-state index in [2.05, 4.69) is 10.3 Å². The van der Waals surface area contributed by atoms with E-state index in [1.165, 1.54) is 11.3 Å². The number of carbonyl (C=O) groups is 1. The van der Waals surface area contributed by atoms with Gasteiger partial charge in [-0.3, -0.25) is 4.79 Å². The number of nitrogens with one attached hydrogen (secondary N) is 1. The summed E-state index contributed by atoms with van der Waals surface area (Å²) in [5.74, 6) is -0.219. The van der Waals surface area contributed by atoms with Crippen LogP contribution in [0.15, 0.2) is 54.0 Å². The number of rotatable bonds is 5. The lowest BCUT2D eigenvalue weighted by Gasteiger charge is -2.15. The number of nitrogens with zero attached hydrogens (tertiary/aromatic N) is 1. The maximum absolute atomic E-state index is 12.3. The van der Waals surface area contributed by atoms with Crippen LogP contribution >= 0.6 is 22.7 Å². The fraction of sp³-hybridized carbons (Fsp3) is 0.125. The highest BCUT2D eigenvalue weighted by atomic mass is 32.1. The Labute approximate surface area is 136 Å². The molecule has 1 amide bonds. The van der Waals surface area contributed by atoms with E-state index in [1.807, 2.05) is 47.8 Å². The lowest BCUT2D eigenvalue weighted by molar-refractivity contribution is 0.0920. The lowest BCUT2D eigenvalue weighted by atomic mass is 10.1. The van der Waals surface area contributed by atoms with E-state index in [9.17, 15) is 9.90 Å². The van der Waals surface area contributed by atoms with Crippen LogP contribution in [0.25, 0.3) is 9.88 Å². The van der Waals surface area contributed by atoms with Crippen LogP contribution in [0.3, 0.4) is 0 Å². The molecule has 1 aromatic carbocycles. The average Bonchev–Trinajstić information content (AvgIpc) is 3.23. The smallest absolute Gasteiger partial charge is 0.263 e. The number of aromatic nitrogens is 1. The maximum atomic E-state index is 12.3.